The van der Waals surface area contributed by atoms with Crippen LogP contribution >= 0.6 is 15.9 Å². The maximum Gasteiger partial charge on any atom is 0.251 e. The fraction of sp³-hybridized carbons (Fsp3) is 0.500. The summed E-state index contributed by atoms with van der Waals surface area (Å²) in [6, 6.07) is 1.27. The second kappa shape index (κ2) is 5.89. The normalized spacial score (nSPS) is 12.3. The molecule has 1 aromatic rings. The number of rotatable bonds is 6. The zero-order valence-corrected chi connectivity index (χ0v) is 11.2. The van der Waals surface area contributed by atoms with E-state index in [0.29, 0.717) is 12.3 Å². The third-order valence-electron chi connectivity index (χ3n) is 1.77. The molecule has 0 aliphatic rings. The molecule has 9 heteroatoms. The van der Waals surface area contributed by atoms with Crippen molar-refractivity contribution >= 4 is 26.0 Å². The van der Waals surface area contributed by atoms with Crippen molar-refractivity contribution in [3.05, 3.63) is 16.5 Å². The van der Waals surface area contributed by atoms with Gasteiger partial charge in [-0.1, -0.05) is 0 Å². The van der Waals surface area contributed by atoms with Crippen LogP contribution < -0.4 is 10.0 Å². The van der Waals surface area contributed by atoms with Crippen molar-refractivity contribution in [2.45, 2.75) is 17.9 Å². The number of alkyl halides is 2. The van der Waals surface area contributed by atoms with Crippen molar-refractivity contribution in [2.75, 3.05) is 13.6 Å². The van der Waals surface area contributed by atoms with Gasteiger partial charge in [-0.15, -0.1) is 0 Å². The minimum absolute atomic E-state index is 0.00971. The molecule has 0 spiro atoms. The minimum atomic E-state index is -3.98. The Morgan fingerprint density at radius 3 is 2.71 bits per heavy atom. The van der Waals surface area contributed by atoms with Crippen molar-refractivity contribution in [3.8, 4) is 0 Å². The summed E-state index contributed by atoms with van der Waals surface area (Å²) in [4.78, 5) is -0.191. The van der Waals surface area contributed by atoms with Gasteiger partial charge in [0.1, 0.15) is 10.7 Å². The number of nitrogens with one attached hydrogen (secondary N) is 2. The summed E-state index contributed by atoms with van der Waals surface area (Å²) in [5.41, 5.74) is 0. The van der Waals surface area contributed by atoms with Gasteiger partial charge in [0, 0.05) is 6.07 Å². The summed E-state index contributed by atoms with van der Waals surface area (Å²) >= 11 is 2.93. The molecule has 0 aliphatic carbocycles. The number of hydrogen-bond acceptors (Lipinski definition) is 4. The molecule has 0 saturated carbocycles. The molecule has 1 heterocycles. The lowest BCUT2D eigenvalue weighted by Gasteiger charge is -2.03. The van der Waals surface area contributed by atoms with Gasteiger partial charge in [-0.05, 0) is 23.0 Å². The first kappa shape index (κ1) is 14.6. The van der Waals surface area contributed by atoms with E-state index in [1.807, 2.05) is 0 Å². The summed E-state index contributed by atoms with van der Waals surface area (Å²) in [5.74, 6) is 0.386. The number of halogens is 3. The predicted octanol–water partition coefficient (Wildman–Crippen LogP) is 1.30. The zero-order chi connectivity index (χ0) is 13.1. The lowest BCUT2D eigenvalue weighted by molar-refractivity contribution is 0.153. The third kappa shape index (κ3) is 4.02. The standard InChI is InChI=1S/C8H11BrF2N2O3S/c1-12-3-5-2-6(8(9)16-5)17(14,15)13-4-7(10)11/h2,7,12-13H,3-4H2,1H3. The molecule has 0 unspecified atom stereocenters. The van der Waals surface area contributed by atoms with Crippen LogP contribution in [0.4, 0.5) is 8.78 Å². The molecular formula is C8H11BrF2N2O3S. The van der Waals surface area contributed by atoms with Crippen molar-refractivity contribution in [3.63, 3.8) is 0 Å². The highest BCUT2D eigenvalue weighted by Crippen LogP contribution is 2.25. The molecule has 98 valence electrons. The average molecular weight is 333 g/mol. The molecule has 0 radical (unpaired) electrons. The van der Waals surface area contributed by atoms with Crippen LogP contribution in [-0.4, -0.2) is 28.4 Å². The van der Waals surface area contributed by atoms with E-state index >= 15 is 0 Å². The molecule has 0 saturated heterocycles. The maximum absolute atomic E-state index is 11.9. The van der Waals surface area contributed by atoms with Gasteiger partial charge in [0.2, 0.25) is 10.0 Å². The molecule has 17 heavy (non-hydrogen) atoms. The van der Waals surface area contributed by atoms with E-state index in [0.717, 1.165) is 0 Å². The van der Waals surface area contributed by atoms with Gasteiger partial charge in [0.25, 0.3) is 6.43 Å². The summed E-state index contributed by atoms with van der Waals surface area (Å²) in [6.45, 7) is -0.593. The Kier molecular flexibility index (Phi) is 5.04. The van der Waals surface area contributed by atoms with Gasteiger partial charge in [-0.25, -0.2) is 21.9 Å². The molecule has 0 bridgehead atoms. The molecule has 0 aliphatic heterocycles. The summed E-state index contributed by atoms with van der Waals surface area (Å²) < 4.78 is 54.0. The predicted molar refractivity (Wildman–Crippen MR) is 60.4 cm³/mol. The van der Waals surface area contributed by atoms with Gasteiger partial charge in [0.15, 0.2) is 4.67 Å². The molecule has 1 rings (SSSR count). The van der Waals surface area contributed by atoms with E-state index in [2.05, 4.69) is 21.2 Å². The monoisotopic (exact) mass is 332 g/mol. The highest BCUT2D eigenvalue weighted by molar-refractivity contribution is 9.10. The maximum atomic E-state index is 11.9. The van der Waals surface area contributed by atoms with Crippen LogP contribution in [0.2, 0.25) is 0 Å². The van der Waals surface area contributed by atoms with E-state index < -0.39 is 23.0 Å². The second-order valence-corrected chi connectivity index (χ2v) is 5.58. The molecule has 0 amide bonds. The molecule has 1 aromatic heterocycles. The fourth-order valence-corrected chi connectivity index (χ4v) is 3.09. The van der Waals surface area contributed by atoms with E-state index in [-0.39, 0.29) is 9.56 Å². The zero-order valence-electron chi connectivity index (χ0n) is 8.84. The van der Waals surface area contributed by atoms with Crippen LogP contribution in [-0.2, 0) is 16.6 Å². The van der Waals surface area contributed by atoms with Gasteiger partial charge in [-0.2, -0.15) is 0 Å². The highest BCUT2D eigenvalue weighted by Gasteiger charge is 2.23. The summed E-state index contributed by atoms with van der Waals surface area (Å²) in [5, 5.41) is 2.78. The Bertz CT molecular complexity index is 475. The first-order valence-electron chi connectivity index (χ1n) is 4.57. The van der Waals surface area contributed by atoms with Gasteiger partial charge < -0.3 is 9.73 Å². The topological polar surface area (TPSA) is 71.3 Å². The smallest absolute Gasteiger partial charge is 0.251 e. The van der Waals surface area contributed by atoms with Crippen molar-refractivity contribution in [1.29, 1.82) is 0 Å². The summed E-state index contributed by atoms with van der Waals surface area (Å²) in [6.07, 6.45) is -2.74. The van der Waals surface area contributed by atoms with Gasteiger partial charge in [-0.3, -0.25) is 0 Å². The van der Waals surface area contributed by atoms with E-state index in [1.165, 1.54) is 6.07 Å². The van der Waals surface area contributed by atoms with Gasteiger partial charge in [0.05, 0.1) is 13.1 Å². The molecule has 5 nitrogen and oxygen atoms in total. The second-order valence-electron chi connectivity index (χ2n) is 3.12. The van der Waals surface area contributed by atoms with Crippen molar-refractivity contribution < 1.29 is 21.6 Å². The van der Waals surface area contributed by atoms with Crippen LogP contribution in [0, 0.1) is 0 Å². The SMILES string of the molecule is CNCc1cc(S(=O)(=O)NCC(F)F)c(Br)o1. The van der Waals surface area contributed by atoms with Crippen molar-refractivity contribution in [1.82, 2.24) is 10.0 Å². The first-order valence-corrected chi connectivity index (χ1v) is 6.85. The average Bonchev–Trinajstić information content (AvgIpc) is 2.58. The molecule has 2 N–H and O–H groups in total. The van der Waals surface area contributed by atoms with Crippen molar-refractivity contribution in [2.24, 2.45) is 0 Å². The van der Waals surface area contributed by atoms with Gasteiger partial charge >= 0.3 is 0 Å². The van der Waals surface area contributed by atoms with Crippen LogP contribution in [0.5, 0.6) is 0 Å². The Balaban J connectivity index is 2.90. The molecular weight excluding hydrogens is 322 g/mol. The van der Waals surface area contributed by atoms with E-state index in [9.17, 15) is 17.2 Å². The highest BCUT2D eigenvalue weighted by atomic mass is 79.9. The van der Waals surface area contributed by atoms with E-state index in [1.54, 1.807) is 11.8 Å². The largest absolute Gasteiger partial charge is 0.452 e. The van der Waals surface area contributed by atoms with Crippen LogP contribution in [0.3, 0.4) is 0 Å². The molecule has 0 fully saturated rings. The van der Waals surface area contributed by atoms with Crippen LogP contribution in [0.15, 0.2) is 20.0 Å². The van der Waals surface area contributed by atoms with E-state index in [4.69, 9.17) is 4.42 Å². The molecule has 0 atom stereocenters. The first-order chi connectivity index (χ1) is 7.86. The lowest BCUT2D eigenvalue weighted by atomic mass is 10.4. The minimum Gasteiger partial charge on any atom is -0.452 e. The fourth-order valence-electron chi connectivity index (χ4n) is 1.09. The Hall–Kier alpha value is -0.510. The lowest BCUT2D eigenvalue weighted by Crippen LogP contribution is -2.28. The Morgan fingerprint density at radius 2 is 2.18 bits per heavy atom. The number of furan rings is 1. The Morgan fingerprint density at radius 1 is 1.53 bits per heavy atom. The van der Waals surface area contributed by atoms with Crippen LogP contribution in [0.25, 0.3) is 0 Å². The Labute approximate surface area is 106 Å². The third-order valence-corrected chi connectivity index (χ3v) is 4.06. The number of hydrogen-bond donors (Lipinski definition) is 2. The summed E-state index contributed by atoms with van der Waals surface area (Å²) in [7, 11) is -2.32. The molecule has 0 aromatic carbocycles. The quantitative estimate of drug-likeness (QED) is 0.823. The van der Waals surface area contributed by atoms with Crippen LogP contribution in [0.1, 0.15) is 5.76 Å². The number of sulfonamides is 1.